The van der Waals surface area contributed by atoms with Crippen LogP contribution in [0.5, 0.6) is 0 Å². The molecule has 2 heterocycles. The van der Waals surface area contributed by atoms with Gasteiger partial charge in [-0.05, 0) is 77.2 Å². The van der Waals surface area contributed by atoms with Gasteiger partial charge in [-0.25, -0.2) is 0 Å². The molecule has 3 aromatic carbocycles. The second-order valence-electron chi connectivity index (χ2n) is 6.00. The van der Waals surface area contributed by atoms with E-state index in [4.69, 9.17) is 4.42 Å². The van der Waals surface area contributed by atoms with E-state index in [9.17, 15) is 0 Å². The van der Waals surface area contributed by atoms with Crippen LogP contribution in [0, 0.1) is 13.8 Å². The molecule has 0 saturated heterocycles. The van der Waals surface area contributed by atoms with Crippen LogP contribution < -0.4 is 0 Å². The van der Waals surface area contributed by atoms with Crippen molar-refractivity contribution in [1.29, 1.82) is 0 Å². The molecule has 0 N–H and O–H groups in total. The maximum atomic E-state index is 5.82. The lowest BCUT2D eigenvalue weighted by Gasteiger charge is -2.05. The third kappa shape index (κ3) is 1.65. The minimum Gasteiger partial charge on any atom is -0.461 e. The number of furan rings is 1. The van der Waals surface area contributed by atoms with Crippen molar-refractivity contribution in [2.24, 2.45) is 0 Å². The van der Waals surface area contributed by atoms with Crippen LogP contribution in [0.25, 0.3) is 42.6 Å². The van der Waals surface area contributed by atoms with Crippen molar-refractivity contribution in [3.8, 4) is 0 Å². The molecule has 0 aliphatic carbocycles. The summed E-state index contributed by atoms with van der Waals surface area (Å²) < 4.78 is 7.17. The second-order valence-corrected chi connectivity index (χ2v) is 7.29. The Morgan fingerprint density at radius 3 is 2.27 bits per heavy atom. The van der Waals surface area contributed by atoms with Gasteiger partial charge in [0.05, 0.1) is 0 Å². The number of aryl methyl sites for hydroxylation is 2. The molecule has 0 aliphatic heterocycles. The first-order valence-corrected chi connectivity index (χ1v) is 8.26. The number of hydrogen-bond acceptors (Lipinski definition) is 2. The molecule has 0 fully saturated rings. The highest BCUT2D eigenvalue weighted by molar-refractivity contribution is 7.19. The highest BCUT2D eigenvalue weighted by Gasteiger charge is 2.08. The quantitative estimate of drug-likeness (QED) is 0.295. The fourth-order valence-corrected chi connectivity index (χ4v) is 4.34. The Balaban J connectivity index is 1.99. The summed E-state index contributed by atoms with van der Waals surface area (Å²) in [4.78, 5) is 1.36. The van der Waals surface area contributed by atoms with Crippen molar-refractivity contribution in [2.45, 2.75) is 13.8 Å². The predicted octanol–water partition coefficient (Wildman–Crippen LogP) is 6.57. The summed E-state index contributed by atoms with van der Waals surface area (Å²) in [7, 11) is 0. The standard InChI is InChI=1S/C20H14OS/c1-11-5-15-7-13-3-4-14-8-16-6-12(2)22-20(16)10-18(14)17(13)9-19(15)21-11/h3-10H,1-2H3. The largest absolute Gasteiger partial charge is 0.461 e. The Labute approximate surface area is 131 Å². The van der Waals surface area contributed by atoms with Crippen LogP contribution in [-0.2, 0) is 0 Å². The Morgan fingerprint density at radius 2 is 1.45 bits per heavy atom. The van der Waals surface area contributed by atoms with E-state index in [2.05, 4.69) is 55.5 Å². The molecule has 5 aromatic rings. The Bertz CT molecular complexity index is 1100. The van der Waals surface area contributed by atoms with Gasteiger partial charge in [-0.1, -0.05) is 12.1 Å². The van der Waals surface area contributed by atoms with Gasteiger partial charge in [0.2, 0.25) is 0 Å². The molecule has 2 aromatic heterocycles. The van der Waals surface area contributed by atoms with Crippen molar-refractivity contribution < 1.29 is 4.42 Å². The summed E-state index contributed by atoms with van der Waals surface area (Å²) in [5, 5.41) is 7.66. The van der Waals surface area contributed by atoms with E-state index in [1.54, 1.807) is 0 Å². The van der Waals surface area contributed by atoms with Crippen molar-refractivity contribution in [3.63, 3.8) is 0 Å². The molecule has 106 valence electrons. The number of benzene rings is 3. The lowest BCUT2D eigenvalue weighted by Crippen LogP contribution is -1.78. The number of fused-ring (bicyclic) bond motifs is 5. The summed E-state index contributed by atoms with van der Waals surface area (Å²) in [6.45, 7) is 4.17. The number of hydrogen-bond donors (Lipinski definition) is 0. The van der Waals surface area contributed by atoms with Gasteiger partial charge in [0.1, 0.15) is 11.3 Å². The Hall–Kier alpha value is -2.32. The highest BCUT2D eigenvalue weighted by Crippen LogP contribution is 2.35. The van der Waals surface area contributed by atoms with E-state index < -0.39 is 0 Å². The fourth-order valence-electron chi connectivity index (χ4n) is 3.40. The first-order chi connectivity index (χ1) is 10.7. The average molecular weight is 302 g/mol. The summed E-state index contributed by atoms with van der Waals surface area (Å²) in [5.41, 5.74) is 0.972. The van der Waals surface area contributed by atoms with Crippen molar-refractivity contribution in [1.82, 2.24) is 0 Å². The van der Waals surface area contributed by atoms with Gasteiger partial charge < -0.3 is 4.42 Å². The molecule has 22 heavy (non-hydrogen) atoms. The van der Waals surface area contributed by atoms with Crippen LogP contribution in [0.2, 0.25) is 0 Å². The van der Waals surface area contributed by atoms with E-state index in [1.165, 1.54) is 41.9 Å². The van der Waals surface area contributed by atoms with Gasteiger partial charge in [-0.15, -0.1) is 11.3 Å². The number of rotatable bonds is 0. The fraction of sp³-hybridized carbons (Fsp3) is 0.100. The zero-order chi connectivity index (χ0) is 14.8. The van der Waals surface area contributed by atoms with Crippen LogP contribution in [-0.4, -0.2) is 0 Å². The molecular formula is C20H14OS. The molecule has 0 radical (unpaired) electrons. The second kappa shape index (κ2) is 4.11. The molecule has 0 unspecified atom stereocenters. The molecule has 1 nitrogen and oxygen atoms in total. The smallest absolute Gasteiger partial charge is 0.134 e. The van der Waals surface area contributed by atoms with Crippen LogP contribution in [0.3, 0.4) is 0 Å². The van der Waals surface area contributed by atoms with Crippen LogP contribution in [0.4, 0.5) is 0 Å². The topological polar surface area (TPSA) is 13.1 Å². The van der Waals surface area contributed by atoms with Gasteiger partial charge in [-0.2, -0.15) is 0 Å². The zero-order valence-electron chi connectivity index (χ0n) is 12.4. The lowest BCUT2D eigenvalue weighted by atomic mass is 10.00. The molecule has 0 aliphatic rings. The van der Waals surface area contributed by atoms with Crippen LogP contribution >= 0.6 is 11.3 Å². The van der Waals surface area contributed by atoms with Gasteiger partial charge in [0.15, 0.2) is 0 Å². The minimum absolute atomic E-state index is 0.964. The van der Waals surface area contributed by atoms with Gasteiger partial charge >= 0.3 is 0 Å². The predicted molar refractivity (Wildman–Crippen MR) is 96.1 cm³/mol. The molecular weight excluding hydrogens is 288 g/mol. The van der Waals surface area contributed by atoms with E-state index in [0.717, 1.165) is 11.3 Å². The minimum atomic E-state index is 0.964. The lowest BCUT2D eigenvalue weighted by molar-refractivity contribution is 0.579. The van der Waals surface area contributed by atoms with Crippen LogP contribution in [0.15, 0.2) is 52.9 Å². The maximum Gasteiger partial charge on any atom is 0.134 e. The summed E-state index contributed by atoms with van der Waals surface area (Å²) in [6.07, 6.45) is 0. The Morgan fingerprint density at radius 1 is 0.727 bits per heavy atom. The van der Waals surface area contributed by atoms with E-state index in [0.29, 0.717) is 0 Å². The summed E-state index contributed by atoms with van der Waals surface area (Å²) in [5.74, 6) is 0.964. The summed E-state index contributed by atoms with van der Waals surface area (Å²) in [6, 6.07) is 17.8. The van der Waals surface area contributed by atoms with E-state index in [-0.39, 0.29) is 0 Å². The molecule has 0 spiro atoms. The third-order valence-electron chi connectivity index (χ3n) is 4.36. The maximum absolute atomic E-state index is 5.82. The highest BCUT2D eigenvalue weighted by atomic mass is 32.1. The molecule has 0 atom stereocenters. The third-order valence-corrected chi connectivity index (χ3v) is 5.37. The molecule has 2 heteroatoms. The molecule has 0 amide bonds. The SMILES string of the molecule is Cc1cc2cc3ccc4cc5cc(C)sc5cc4c3cc2o1. The van der Waals surface area contributed by atoms with Gasteiger partial charge in [0.25, 0.3) is 0 Å². The molecule has 0 bridgehead atoms. The van der Waals surface area contributed by atoms with Crippen molar-refractivity contribution in [3.05, 3.63) is 59.2 Å². The van der Waals surface area contributed by atoms with E-state index in [1.807, 2.05) is 18.3 Å². The molecule has 5 rings (SSSR count). The summed E-state index contributed by atoms with van der Waals surface area (Å²) >= 11 is 1.86. The normalized spacial score (nSPS) is 12.1. The van der Waals surface area contributed by atoms with Crippen molar-refractivity contribution >= 4 is 53.9 Å². The zero-order valence-corrected chi connectivity index (χ0v) is 13.3. The average Bonchev–Trinajstić information content (AvgIpc) is 3.02. The Kier molecular flexibility index (Phi) is 2.29. The molecule has 0 saturated carbocycles. The van der Waals surface area contributed by atoms with Crippen LogP contribution in [0.1, 0.15) is 10.6 Å². The first kappa shape index (κ1) is 12.2. The van der Waals surface area contributed by atoms with Gasteiger partial charge in [-0.3, -0.25) is 0 Å². The van der Waals surface area contributed by atoms with Gasteiger partial charge in [0, 0.05) is 15.0 Å². The number of thiophene rings is 1. The van der Waals surface area contributed by atoms with Crippen molar-refractivity contribution in [2.75, 3.05) is 0 Å². The van der Waals surface area contributed by atoms with E-state index >= 15 is 0 Å². The first-order valence-electron chi connectivity index (χ1n) is 7.44. The monoisotopic (exact) mass is 302 g/mol.